The number of benzene rings is 1. The fourth-order valence-electron chi connectivity index (χ4n) is 4.23. The van der Waals surface area contributed by atoms with Crippen LogP contribution in [0.15, 0.2) is 42.5 Å². The number of likely N-dealkylation sites (N-methyl/N-ethyl adjacent to an activating group) is 1. The number of carbonyl (C=O) groups is 2. The highest BCUT2D eigenvalue weighted by Crippen LogP contribution is 2.19. The zero-order chi connectivity index (χ0) is 25.0. The molecule has 0 atom stereocenters. The number of nitrogens with one attached hydrogen (secondary N) is 1. The Morgan fingerprint density at radius 3 is 2.34 bits per heavy atom. The molecule has 2 heterocycles. The molecule has 0 radical (unpaired) electrons. The van der Waals surface area contributed by atoms with E-state index >= 15 is 0 Å². The molecule has 1 fully saturated rings. The lowest BCUT2D eigenvalue weighted by atomic mass is 10.1. The smallest absolute Gasteiger partial charge is 0.317 e. The van der Waals surface area contributed by atoms with Crippen LogP contribution >= 0.6 is 0 Å². The molecule has 0 aliphatic carbocycles. The SMILES string of the molecule is CCNC(=O)N(CCN(CC)CC)CC(=O)N1CCCN(c2ccc(-c3ccccc3)nn2)CC1. The van der Waals surface area contributed by atoms with Gasteiger partial charge in [-0.1, -0.05) is 44.2 Å². The zero-order valence-electron chi connectivity index (χ0n) is 21.3. The quantitative estimate of drug-likeness (QED) is 0.562. The molecule has 1 aliphatic rings. The monoisotopic (exact) mass is 481 g/mol. The predicted octanol–water partition coefficient (Wildman–Crippen LogP) is 2.56. The van der Waals surface area contributed by atoms with Gasteiger partial charge in [0.05, 0.1) is 5.69 Å². The number of urea groups is 1. The Hall–Kier alpha value is -3.20. The fourth-order valence-corrected chi connectivity index (χ4v) is 4.23. The number of amides is 3. The van der Waals surface area contributed by atoms with E-state index in [4.69, 9.17) is 0 Å². The van der Waals surface area contributed by atoms with Crippen molar-refractivity contribution in [1.82, 2.24) is 30.2 Å². The lowest BCUT2D eigenvalue weighted by Crippen LogP contribution is -2.49. The first-order chi connectivity index (χ1) is 17.0. The van der Waals surface area contributed by atoms with Gasteiger partial charge in [-0.15, -0.1) is 10.2 Å². The lowest BCUT2D eigenvalue weighted by Gasteiger charge is -2.29. The van der Waals surface area contributed by atoms with Gasteiger partial charge in [0.1, 0.15) is 6.54 Å². The van der Waals surface area contributed by atoms with Gasteiger partial charge in [0.15, 0.2) is 5.82 Å². The molecule has 3 rings (SSSR count). The molecular weight excluding hydrogens is 442 g/mol. The molecule has 0 saturated carbocycles. The van der Waals surface area contributed by atoms with Crippen LogP contribution in [-0.2, 0) is 4.79 Å². The topological polar surface area (TPSA) is 84.9 Å². The Labute approximate surface area is 209 Å². The first kappa shape index (κ1) is 26.4. The van der Waals surface area contributed by atoms with Gasteiger partial charge in [-0.05, 0) is 38.6 Å². The molecular formula is C26H39N7O2. The summed E-state index contributed by atoms with van der Waals surface area (Å²) in [4.78, 5) is 33.7. The molecule has 1 saturated heterocycles. The fraction of sp³-hybridized carbons (Fsp3) is 0.538. The molecule has 9 nitrogen and oxygen atoms in total. The molecule has 190 valence electrons. The summed E-state index contributed by atoms with van der Waals surface area (Å²) in [5, 5.41) is 11.7. The minimum absolute atomic E-state index is 0.0110. The van der Waals surface area contributed by atoms with E-state index in [1.807, 2.05) is 54.3 Å². The van der Waals surface area contributed by atoms with Gasteiger partial charge in [-0.25, -0.2) is 4.79 Å². The third-order valence-electron chi connectivity index (χ3n) is 6.41. The van der Waals surface area contributed by atoms with Crippen molar-refractivity contribution in [2.45, 2.75) is 27.2 Å². The number of anilines is 1. The number of hydrogen-bond donors (Lipinski definition) is 1. The van der Waals surface area contributed by atoms with Crippen LogP contribution < -0.4 is 10.2 Å². The average Bonchev–Trinajstić information content (AvgIpc) is 3.16. The van der Waals surface area contributed by atoms with Gasteiger partial charge >= 0.3 is 6.03 Å². The summed E-state index contributed by atoms with van der Waals surface area (Å²) in [6.45, 7) is 12.6. The van der Waals surface area contributed by atoms with E-state index in [0.29, 0.717) is 32.7 Å². The summed E-state index contributed by atoms with van der Waals surface area (Å²) >= 11 is 0. The normalized spacial score (nSPS) is 14.1. The first-order valence-electron chi connectivity index (χ1n) is 12.7. The molecule has 1 aliphatic heterocycles. The third kappa shape index (κ3) is 7.65. The van der Waals surface area contributed by atoms with E-state index in [0.717, 1.165) is 49.7 Å². The van der Waals surface area contributed by atoms with Gasteiger partial charge in [0.2, 0.25) is 5.91 Å². The van der Waals surface area contributed by atoms with Crippen molar-refractivity contribution in [2.75, 3.05) is 70.3 Å². The van der Waals surface area contributed by atoms with Crippen molar-refractivity contribution < 1.29 is 9.59 Å². The van der Waals surface area contributed by atoms with Gasteiger partial charge in [0, 0.05) is 51.4 Å². The summed E-state index contributed by atoms with van der Waals surface area (Å²) in [5.41, 5.74) is 1.88. The van der Waals surface area contributed by atoms with Crippen molar-refractivity contribution in [1.29, 1.82) is 0 Å². The zero-order valence-corrected chi connectivity index (χ0v) is 21.3. The van der Waals surface area contributed by atoms with E-state index in [-0.39, 0.29) is 18.5 Å². The maximum atomic E-state index is 13.1. The number of aromatic nitrogens is 2. The number of nitrogens with zero attached hydrogens (tertiary/aromatic N) is 6. The van der Waals surface area contributed by atoms with E-state index in [2.05, 4.69) is 39.2 Å². The molecule has 3 amide bonds. The lowest BCUT2D eigenvalue weighted by molar-refractivity contribution is -0.131. The molecule has 1 aromatic heterocycles. The van der Waals surface area contributed by atoms with Crippen molar-refractivity contribution in [3.63, 3.8) is 0 Å². The Bertz CT molecular complexity index is 919. The van der Waals surface area contributed by atoms with Crippen LogP contribution in [-0.4, -0.2) is 102 Å². The summed E-state index contributed by atoms with van der Waals surface area (Å²) in [6.07, 6.45) is 0.842. The summed E-state index contributed by atoms with van der Waals surface area (Å²) in [7, 11) is 0. The Balaban J connectivity index is 1.57. The van der Waals surface area contributed by atoms with Crippen LogP contribution in [0, 0.1) is 0 Å². The standard InChI is InChI=1S/C26H39N7O2/c1-4-27-26(35)33(18-17-30(5-2)6-3)21-25(34)32-16-10-15-31(19-20-32)24-14-13-23(28-29-24)22-11-8-7-9-12-22/h7-9,11-14H,4-6,10,15-21H2,1-3H3,(H,27,35). The van der Waals surface area contributed by atoms with Crippen molar-refractivity contribution in [2.24, 2.45) is 0 Å². The van der Waals surface area contributed by atoms with Gasteiger partial charge in [-0.3, -0.25) is 4.79 Å². The second-order valence-electron chi connectivity index (χ2n) is 8.65. The molecule has 9 heteroatoms. The molecule has 0 unspecified atom stereocenters. The van der Waals surface area contributed by atoms with Crippen LogP contribution in [0.3, 0.4) is 0 Å². The minimum Gasteiger partial charge on any atom is -0.353 e. The van der Waals surface area contributed by atoms with Gasteiger partial charge in [0.25, 0.3) is 0 Å². The molecule has 2 aromatic rings. The van der Waals surface area contributed by atoms with Gasteiger partial charge < -0.3 is 24.9 Å². The van der Waals surface area contributed by atoms with Crippen LogP contribution in [0.5, 0.6) is 0 Å². The molecule has 1 aromatic carbocycles. The maximum absolute atomic E-state index is 13.1. The van der Waals surface area contributed by atoms with Crippen LogP contribution in [0.2, 0.25) is 0 Å². The van der Waals surface area contributed by atoms with Crippen LogP contribution in [0.25, 0.3) is 11.3 Å². The Morgan fingerprint density at radius 2 is 1.69 bits per heavy atom. The third-order valence-corrected chi connectivity index (χ3v) is 6.41. The summed E-state index contributed by atoms with van der Waals surface area (Å²) in [6, 6.07) is 13.8. The van der Waals surface area contributed by atoms with Crippen molar-refractivity contribution in [3.8, 4) is 11.3 Å². The summed E-state index contributed by atoms with van der Waals surface area (Å²) < 4.78 is 0. The molecule has 0 spiro atoms. The van der Waals surface area contributed by atoms with Crippen LogP contribution in [0.1, 0.15) is 27.2 Å². The van der Waals surface area contributed by atoms with E-state index in [9.17, 15) is 9.59 Å². The minimum atomic E-state index is -0.182. The second-order valence-corrected chi connectivity index (χ2v) is 8.65. The Morgan fingerprint density at radius 1 is 0.914 bits per heavy atom. The van der Waals surface area contributed by atoms with E-state index < -0.39 is 0 Å². The number of carbonyl (C=O) groups excluding carboxylic acids is 2. The van der Waals surface area contributed by atoms with Crippen molar-refractivity contribution >= 4 is 17.8 Å². The highest BCUT2D eigenvalue weighted by atomic mass is 16.2. The highest BCUT2D eigenvalue weighted by Gasteiger charge is 2.24. The maximum Gasteiger partial charge on any atom is 0.317 e. The summed E-state index contributed by atoms with van der Waals surface area (Å²) in [5.74, 6) is 0.810. The largest absolute Gasteiger partial charge is 0.353 e. The predicted molar refractivity (Wildman–Crippen MR) is 139 cm³/mol. The van der Waals surface area contributed by atoms with E-state index in [1.165, 1.54) is 0 Å². The highest BCUT2D eigenvalue weighted by molar-refractivity contribution is 5.84. The first-order valence-corrected chi connectivity index (χ1v) is 12.7. The van der Waals surface area contributed by atoms with E-state index in [1.54, 1.807) is 4.90 Å². The number of rotatable bonds is 10. The van der Waals surface area contributed by atoms with Crippen molar-refractivity contribution in [3.05, 3.63) is 42.5 Å². The number of hydrogen-bond acceptors (Lipinski definition) is 6. The Kier molecular flexibility index (Phi) is 10.3. The average molecular weight is 482 g/mol. The molecule has 1 N–H and O–H groups in total. The second kappa shape index (κ2) is 13.6. The van der Waals surface area contributed by atoms with Crippen LogP contribution in [0.4, 0.5) is 10.6 Å². The molecule has 35 heavy (non-hydrogen) atoms. The van der Waals surface area contributed by atoms with Gasteiger partial charge in [-0.2, -0.15) is 0 Å². The molecule has 0 bridgehead atoms.